The molecule has 242 valence electrons. The predicted octanol–water partition coefficient (Wildman–Crippen LogP) is 13.4. The highest BCUT2D eigenvalue weighted by Crippen LogP contribution is 2.63. The van der Waals surface area contributed by atoms with Crippen molar-refractivity contribution < 1.29 is 0 Å². The van der Waals surface area contributed by atoms with Crippen molar-refractivity contribution in [3.05, 3.63) is 9.75 Å². The summed E-state index contributed by atoms with van der Waals surface area (Å²) in [5, 5.41) is 4.46. The summed E-state index contributed by atoms with van der Waals surface area (Å²) in [5.74, 6) is 1.85. The Morgan fingerprint density at radius 3 is 0.791 bits per heavy atom. The van der Waals surface area contributed by atoms with Crippen LogP contribution in [0.5, 0.6) is 0 Å². The van der Waals surface area contributed by atoms with Gasteiger partial charge in [0.1, 0.15) is 0 Å². The summed E-state index contributed by atoms with van der Waals surface area (Å²) in [4.78, 5) is 4.16. The highest BCUT2D eigenvalue weighted by molar-refractivity contribution is 7.74. The van der Waals surface area contributed by atoms with Gasteiger partial charge in [-0.25, -0.2) is 0 Å². The van der Waals surface area contributed by atoms with Crippen molar-refractivity contribution in [2.24, 2.45) is 0 Å². The summed E-state index contributed by atoms with van der Waals surface area (Å²) >= 11 is 2.54. The van der Waals surface area contributed by atoms with Crippen LogP contribution in [0.1, 0.15) is 214 Å². The van der Waals surface area contributed by atoms with Gasteiger partial charge in [-0.1, -0.05) is 131 Å². The van der Waals surface area contributed by atoms with E-state index in [-0.39, 0.29) is 15.8 Å². The molecule has 0 amide bonds. The zero-order valence-electron chi connectivity index (χ0n) is 28.0. The van der Waals surface area contributed by atoms with E-state index in [1.807, 2.05) is 0 Å². The van der Waals surface area contributed by atoms with Gasteiger partial charge in [0.15, 0.2) is 0 Å². The summed E-state index contributed by atoms with van der Waals surface area (Å²) in [6.07, 6.45) is 46.4. The van der Waals surface area contributed by atoms with Crippen LogP contribution in [0.25, 0.3) is 0 Å². The van der Waals surface area contributed by atoms with Crippen molar-refractivity contribution >= 4 is 37.8 Å². The maximum Gasteiger partial charge on any atom is 0.0163 e. The van der Waals surface area contributed by atoms with Crippen LogP contribution < -0.4 is 10.6 Å². The molecule has 43 heavy (non-hydrogen) atoms. The quantitative estimate of drug-likeness (QED) is 0.248. The van der Waals surface area contributed by atoms with Gasteiger partial charge >= 0.3 is 0 Å². The summed E-state index contributed by atoms with van der Waals surface area (Å²) in [7, 11) is -0.0132. The van der Waals surface area contributed by atoms with Crippen molar-refractivity contribution in [2.45, 2.75) is 227 Å². The fourth-order valence-corrected chi connectivity index (χ4v) is 22.1. The van der Waals surface area contributed by atoms with Crippen molar-refractivity contribution in [3.8, 4) is 0 Å². The maximum atomic E-state index is 2.54. The minimum Gasteiger partial charge on any atom is -0.143 e. The van der Waals surface area contributed by atoms with E-state index in [9.17, 15) is 0 Å². The lowest BCUT2D eigenvalue weighted by Gasteiger charge is -2.44. The lowest BCUT2D eigenvalue weighted by Crippen LogP contribution is -2.38. The number of hydrogen-bond acceptors (Lipinski definition) is 1. The summed E-state index contributed by atoms with van der Waals surface area (Å²) in [6, 6.07) is 0. The molecule has 0 aliphatic heterocycles. The summed E-state index contributed by atoms with van der Waals surface area (Å²) in [5.41, 5.74) is 4.26. The minimum absolute atomic E-state index is 0.00659. The predicted molar refractivity (Wildman–Crippen MR) is 197 cm³/mol. The van der Waals surface area contributed by atoms with Gasteiger partial charge in [0, 0.05) is 9.75 Å². The van der Waals surface area contributed by atoms with E-state index in [1.54, 1.807) is 103 Å². The zero-order valence-corrected chi connectivity index (χ0v) is 30.6. The standard InChI is InChI=1S/C40H66P2S/c1-7-19-31(20-8-1)39-37(41(33-23-11-3-12-24-33)34-25-13-4-14-26-34)38(40(43-39)32-21-9-2-10-22-32)42(35-27-15-5-16-28-35)36-29-17-6-18-30-36/h31-36H,1-30H2. The molecular weight excluding hydrogens is 574 g/mol. The van der Waals surface area contributed by atoms with Crippen molar-refractivity contribution in [2.75, 3.05) is 0 Å². The van der Waals surface area contributed by atoms with Crippen molar-refractivity contribution in [1.82, 2.24) is 0 Å². The van der Waals surface area contributed by atoms with Gasteiger partial charge in [-0.05, 0) is 122 Å². The SMILES string of the molecule is C1CCC(c2sc(C3CCCCC3)c(P(C3CCCCC3)C3CCCCC3)c2P(C2CCCCC2)C2CCCCC2)CC1. The Morgan fingerprint density at radius 2 is 0.535 bits per heavy atom. The third kappa shape index (κ3) is 7.51. The van der Waals surface area contributed by atoms with Crippen molar-refractivity contribution in [3.63, 3.8) is 0 Å². The molecule has 0 saturated heterocycles. The molecule has 1 heterocycles. The van der Waals surface area contributed by atoms with E-state index in [1.165, 1.54) is 89.9 Å². The second-order valence-corrected chi connectivity index (χ2v) is 22.7. The first-order chi connectivity index (χ1) is 21.4. The zero-order chi connectivity index (χ0) is 28.8. The molecule has 6 aliphatic carbocycles. The van der Waals surface area contributed by atoms with Crippen LogP contribution in [0.15, 0.2) is 0 Å². The second kappa shape index (κ2) is 16.1. The van der Waals surface area contributed by atoms with E-state index in [2.05, 4.69) is 31.7 Å². The Hall–Kier alpha value is 0.560. The molecule has 6 saturated carbocycles. The van der Waals surface area contributed by atoms with E-state index >= 15 is 0 Å². The first-order valence-corrected chi connectivity index (χ1v) is 23.9. The topological polar surface area (TPSA) is 0 Å². The van der Waals surface area contributed by atoms with Gasteiger partial charge in [-0.15, -0.1) is 11.3 Å². The van der Waals surface area contributed by atoms with Gasteiger partial charge in [-0.2, -0.15) is 0 Å². The molecule has 1 aromatic heterocycles. The molecule has 0 nitrogen and oxygen atoms in total. The van der Waals surface area contributed by atoms with E-state index in [0.29, 0.717) is 0 Å². The Balaban J connectivity index is 1.43. The van der Waals surface area contributed by atoms with Crippen LogP contribution in [-0.2, 0) is 0 Å². The van der Waals surface area contributed by atoms with Crippen LogP contribution >= 0.6 is 27.2 Å². The molecule has 7 rings (SSSR count). The van der Waals surface area contributed by atoms with Gasteiger partial charge < -0.3 is 0 Å². The molecule has 3 heteroatoms. The van der Waals surface area contributed by atoms with E-state index in [0.717, 1.165) is 34.5 Å². The van der Waals surface area contributed by atoms with Crippen LogP contribution in [0, 0.1) is 0 Å². The minimum atomic E-state index is -0.00659. The molecule has 1 aromatic rings. The van der Waals surface area contributed by atoms with E-state index < -0.39 is 0 Å². The molecule has 0 unspecified atom stereocenters. The molecule has 6 fully saturated rings. The highest BCUT2D eigenvalue weighted by Gasteiger charge is 2.44. The van der Waals surface area contributed by atoms with Crippen LogP contribution in [0.3, 0.4) is 0 Å². The van der Waals surface area contributed by atoms with Gasteiger partial charge in [0.05, 0.1) is 0 Å². The molecular formula is C40H66P2S. The molecule has 0 bridgehead atoms. The fourth-order valence-electron chi connectivity index (χ4n) is 11.0. The summed E-state index contributed by atoms with van der Waals surface area (Å²) in [6.45, 7) is 0. The largest absolute Gasteiger partial charge is 0.143 e. The number of thiophene rings is 1. The third-order valence-electron chi connectivity index (χ3n) is 13.3. The highest BCUT2D eigenvalue weighted by atomic mass is 32.1. The average Bonchev–Trinajstić information content (AvgIpc) is 3.47. The Kier molecular flexibility index (Phi) is 12.0. The molecule has 0 N–H and O–H groups in total. The van der Waals surface area contributed by atoms with Crippen LogP contribution in [-0.4, -0.2) is 22.6 Å². The van der Waals surface area contributed by atoms with Gasteiger partial charge in [0.2, 0.25) is 0 Å². The van der Waals surface area contributed by atoms with Crippen LogP contribution in [0.2, 0.25) is 0 Å². The third-order valence-corrected chi connectivity index (χ3v) is 22.4. The molecule has 6 aliphatic rings. The first-order valence-electron chi connectivity index (χ1n) is 20.1. The normalized spacial score (nSPS) is 27.4. The number of rotatable bonds is 8. The lowest BCUT2D eigenvalue weighted by atomic mass is 9.87. The monoisotopic (exact) mass is 640 g/mol. The van der Waals surface area contributed by atoms with E-state index in [4.69, 9.17) is 0 Å². The molecule has 0 aromatic carbocycles. The van der Waals surface area contributed by atoms with Gasteiger partial charge in [-0.3, -0.25) is 0 Å². The summed E-state index contributed by atoms with van der Waals surface area (Å²) < 4.78 is 0. The van der Waals surface area contributed by atoms with Crippen molar-refractivity contribution in [1.29, 1.82) is 0 Å². The first kappa shape index (κ1) is 32.1. The van der Waals surface area contributed by atoms with Crippen LogP contribution in [0.4, 0.5) is 0 Å². The maximum absolute atomic E-state index is 2.54. The molecule has 0 radical (unpaired) electrons. The number of hydrogen-bond donors (Lipinski definition) is 0. The average molecular weight is 641 g/mol. The fraction of sp³-hybridized carbons (Fsp3) is 0.900. The Morgan fingerprint density at radius 1 is 0.302 bits per heavy atom. The molecule has 0 atom stereocenters. The molecule has 0 spiro atoms. The second-order valence-electron chi connectivity index (χ2n) is 16.2. The smallest absolute Gasteiger partial charge is 0.0163 e. The van der Waals surface area contributed by atoms with Gasteiger partial charge in [0.25, 0.3) is 0 Å². The lowest BCUT2D eigenvalue weighted by molar-refractivity contribution is 0.447. The Bertz CT molecular complexity index is 850. The Labute approximate surface area is 273 Å².